The van der Waals surface area contributed by atoms with Crippen molar-refractivity contribution in [2.24, 2.45) is 10.4 Å². The molecule has 0 saturated carbocycles. The number of nitrogens with one attached hydrogen (secondary N) is 2. The summed E-state index contributed by atoms with van der Waals surface area (Å²) in [6.45, 7) is 9.11. The second kappa shape index (κ2) is 8.01. The van der Waals surface area contributed by atoms with Crippen LogP contribution in [0.1, 0.15) is 32.3 Å². The molecule has 1 fully saturated rings. The molecule has 0 aliphatic carbocycles. The number of amides is 1. The minimum absolute atomic E-state index is 0.000838. The Kier molecular flexibility index (Phi) is 6.27. The summed E-state index contributed by atoms with van der Waals surface area (Å²) in [5, 5.41) is 6.26. The number of benzene rings is 1. The maximum atomic E-state index is 12.2. The van der Waals surface area contributed by atoms with Gasteiger partial charge in [0, 0.05) is 43.3 Å². The molecule has 0 atom stereocenters. The molecule has 1 saturated heterocycles. The second-order valence-electron chi connectivity index (χ2n) is 7.07. The maximum Gasteiger partial charge on any atom is 0.226 e. The molecule has 0 bridgehead atoms. The summed E-state index contributed by atoms with van der Waals surface area (Å²) in [6.07, 6.45) is 1.57. The first-order valence-corrected chi connectivity index (χ1v) is 9.12. The summed E-state index contributed by atoms with van der Waals surface area (Å²) in [6, 6.07) is 5.87. The molecule has 1 aliphatic rings. The summed E-state index contributed by atoms with van der Waals surface area (Å²) in [7, 11) is 1.79. The van der Waals surface area contributed by atoms with Crippen molar-refractivity contribution in [2.45, 2.75) is 33.6 Å². The molecule has 24 heavy (non-hydrogen) atoms. The summed E-state index contributed by atoms with van der Waals surface area (Å²) in [5.74, 6) is 0.882. The predicted molar refractivity (Wildman–Crippen MR) is 103 cm³/mol. The molecule has 1 aromatic rings. The highest BCUT2D eigenvalue weighted by Gasteiger charge is 2.30. The molecule has 2 rings (SSSR count). The van der Waals surface area contributed by atoms with E-state index in [9.17, 15) is 4.79 Å². The number of halogens is 1. The average molecular weight is 395 g/mol. The molecule has 2 N–H and O–H groups in total. The van der Waals surface area contributed by atoms with E-state index in [-0.39, 0.29) is 5.91 Å². The molecule has 1 aliphatic heterocycles. The van der Waals surface area contributed by atoms with Crippen molar-refractivity contribution in [2.75, 3.05) is 32.0 Å². The molecular weight excluding hydrogens is 368 g/mol. The highest BCUT2D eigenvalue weighted by molar-refractivity contribution is 9.10. The molecule has 0 spiro atoms. The zero-order valence-corrected chi connectivity index (χ0v) is 16.5. The molecule has 0 radical (unpaired) electrons. The van der Waals surface area contributed by atoms with Crippen LogP contribution in [0.3, 0.4) is 0 Å². The number of aryl methyl sites for hydroxylation is 1. The average Bonchev–Trinajstić information content (AvgIpc) is 2.87. The van der Waals surface area contributed by atoms with Gasteiger partial charge in [0.25, 0.3) is 0 Å². The number of hydrogen-bond acceptors (Lipinski definition) is 2. The fourth-order valence-electron chi connectivity index (χ4n) is 2.85. The van der Waals surface area contributed by atoms with E-state index in [4.69, 9.17) is 0 Å². The smallest absolute Gasteiger partial charge is 0.226 e. The van der Waals surface area contributed by atoms with E-state index in [2.05, 4.69) is 50.3 Å². The number of nitrogens with zero attached hydrogens (tertiary/aromatic N) is 2. The van der Waals surface area contributed by atoms with E-state index in [0.29, 0.717) is 18.4 Å². The van der Waals surface area contributed by atoms with Gasteiger partial charge >= 0.3 is 0 Å². The predicted octanol–water partition coefficient (Wildman–Crippen LogP) is 3.39. The number of guanidine groups is 1. The van der Waals surface area contributed by atoms with Gasteiger partial charge in [0.2, 0.25) is 5.91 Å². The van der Waals surface area contributed by atoms with Gasteiger partial charge in [0.15, 0.2) is 5.96 Å². The van der Waals surface area contributed by atoms with Crippen LogP contribution in [0, 0.1) is 12.3 Å². The first-order chi connectivity index (χ1) is 11.3. The number of aliphatic imine (C=N–C) groups is 1. The fourth-order valence-corrected chi connectivity index (χ4v) is 3.22. The number of likely N-dealkylation sites (tertiary alicyclic amines) is 1. The van der Waals surface area contributed by atoms with Crippen LogP contribution in [0.5, 0.6) is 0 Å². The van der Waals surface area contributed by atoms with Crippen LogP contribution in [0.4, 0.5) is 5.69 Å². The van der Waals surface area contributed by atoms with E-state index in [1.807, 2.05) is 25.1 Å². The normalized spacial score (nSPS) is 17.0. The number of carbonyl (C=O) groups is 1. The molecule has 132 valence electrons. The lowest BCUT2D eigenvalue weighted by molar-refractivity contribution is -0.116. The van der Waals surface area contributed by atoms with Crippen molar-refractivity contribution >= 4 is 33.5 Å². The Morgan fingerprint density at radius 1 is 1.42 bits per heavy atom. The van der Waals surface area contributed by atoms with Gasteiger partial charge in [-0.3, -0.25) is 9.79 Å². The van der Waals surface area contributed by atoms with Crippen LogP contribution >= 0.6 is 15.9 Å². The van der Waals surface area contributed by atoms with Crippen LogP contribution in [0.25, 0.3) is 0 Å². The van der Waals surface area contributed by atoms with Crippen molar-refractivity contribution < 1.29 is 4.79 Å². The van der Waals surface area contributed by atoms with Gasteiger partial charge in [-0.25, -0.2) is 0 Å². The van der Waals surface area contributed by atoms with E-state index in [0.717, 1.165) is 41.2 Å². The summed E-state index contributed by atoms with van der Waals surface area (Å²) < 4.78 is 0.957. The molecule has 1 amide bonds. The SMILES string of the molecule is CN=C(NCCC(=O)Nc1cc(Br)ccc1C)N1CCC(C)(C)C1. The lowest BCUT2D eigenvalue weighted by Gasteiger charge is -2.23. The van der Waals surface area contributed by atoms with Gasteiger partial charge in [0.05, 0.1) is 0 Å². The number of rotatable bonds is 4. The number of hydrogen-bond donors (Lipinski definition) is 2. The van der Waals surface area contributed by atoms with Crippen molar-refractivity contribution in [1.29, 1.82) is 0 Å². The summed E-state index contributed by atoms with van der Waals surface area (Å²) in [5.41, 5.74) is 2.22. The van der Waals surface area contributed by atoms with E-state index in [1.54, 1.807) is 7.05 Å². The highest BCUT2D eigenvalue weighted by atomic mass is 79.9. The molecule has 1 aromatic carbocycles. The Hall–Kier alpha value is -1.56. The quantitative estimate of drug-likeness (QED) is 0.607. The standard InChI is InChI=1S/C18H27BrN4O/c1-13-5-6-14(19)11-15(13)22-16(24)7-9-21-17(20-4)23-10-8-18(2,3)12-23/h5-6,11H,7-10,12H2,1-4H3,(H,20,21)(H,22,24). The van der Waals surface area contributed by atoms with Gasteiger partial charge in [-0.15, -0.1) is 0 Å². The van der Waals surface area contributed by atoms with E-state index >= 15 is 0 Å². The third-order valence-corrected chi connectivity index (χ3v) is 4.79. The van der Waals surface area contributed by atoms with Gasteiger partial charge in [0.1, 0.15) is 0 Å². The van der Waals surface area contributed by atoms with Crippen LogP contribution in [-0.4, -0.2) is 43.4 Å². The van der Waals surface area contributed by atoms with E-state index < -0.39 is 0 Å². The largest absolute Gasteiger partial charge is 0.356 e. The van der Waals surface area contributed by atoms with Crippen molar-refractivity contribution in [1.82, 2.24) is 10.2 Å². The topological polar surface area (TPSA) is 56.7 Å². The minimum atomic E-state index is 0.000838. The van der Waals surface area contributed by atoms with Gasteiger partial charge in [-0.2, -0.15) is 0 Å². The monoisotopic (exact) mass is 394 g/mol. The van der Waals surface area contributed by atoms with Crippen molar-refractivity contribution in [3.8, 4) is 0 Å². The Balaban J connectivity index is 1.80. The summed E-state index contributed by atoms with van der Waals surface area (Å²) in [4.78, 5) is 18.7. The van der Waals surface area contributed by atoms with Gasteiger partial charge < -0.3 is 15.5 Å². The number of anilines is 1. The van der Waals surface area contributed by atoms with Crippen molar-refractivity contribution in [3.05, 3.63) is 28.2 Å². The maximum absolute atomic E-state index is 12.2. The van der Waals surface area contributed by atoms with Gasteiger partial charge in [-0.1, -0.05) is 35.8 Å². The minimum Gasteiger partial charge on any atom is -0.356 e. The number of carbonyl (C=O) groups excluding carboxylic acids is 1. The van der Waals surface area contributed by atoms with Crippen LogP contribution in [0.2, 0.25) is 0 Å². The van der Waals surface area contributed by atoms with Crippen molar-refractivity contribution in [3.63, 3.8) is 0 Å². The molecule has 0 unspecified atom stereocenters. The molecular formula is C18H27BrN4O. The molecule has 5 nitrogen and oxygen atoms in total. The second-order valence-corrected chi connectivity index (χ2v) is 7.98. The Morgan fingerprint density at radius 2 is 2.17 bits per heavy atom. The zero-order valence-electron chi connectivity index (χ0n) is 14.9. The van der Waals surface area contributed by atoms with Crippen LogP contribution in [-0.2, 0) is 4.79 Å². The van der Waals surface area contributed by atoms with Gasteiger partial charge in [-0.05, 0) is 36.5 Å². The Labute approximate surface area is 153 Å². The molecule has 6 heteroatoms. The molecule has 1 heterocycles. The van der Waals surface area contributed by atoms with Crippen LogP contribution in [0.15, 0.2) is 27.7 Å². The lowest BCUT2D eigenvalue weighted by atomic mass is 9.93. The zero-order chi connectivity index (χ0) is 17.7. The fraction of sp³-hybridized carbons (Fsp3) is 0.556. The molecule has 0 aromatic heterocycles. The Morgan fingerprint density at radius 3 is 2.79 bits per heavy atom. The summed E-state index contributed by atoms with van der Waals surface area (Å²) >= 11 is 3.43. The third-order valence-electron chi connectivity index (χ3n) is 4.30. The van der Waals surface area contributed by atoms with Crippen LogP contribution < -0.4 is 10.6 Å². The third kappa shape index (κ3) is 5.23. The first-order valence-electron chi connectivity index (χ1n) is 8.32. The Bertz CT molecular complexity index is 627. The first kappa shape index (κ1) is 18.8. The lowest BCUT2D eigenvalue weighted by Crippen LogP contribution is -2.41. The highest BCUT2D eigenvalue weighted by Crippen LogP contribution is 2.28. The van der Waals surface area contributed by atoms with E-state index in [1.165, 1.54) is 0 Å².